The van der Waals surface area contributed by atoms with Gasteiger partial charge in [0.2, 0.25) is 5.91 Å². The molecule has 5 nitrogen and oxygen atoms in total. The largest absolute Gasteiger partial charge is 0.352 e. The number of rotatable bonds is 3. The van der Waals surface area contributed by atoms with E-state index in [2.05, 4.69) is 20.8 Å². The van der Waals surface area contributed by atoms with Crippen LogP contribution in [0.25, 0.3) is 0 Å². The molecule has 1 saturated heterocycles. The number of aromatic amines is 1. The zero-order valence-corrected chi connectivity index (χ0v) is 10.5. The fraction of sp³-hybridized carbons (Fsp3) is 0.667. The fourth-order valence-corrected chi connectivity index (χ4v) is 2.24. The molecule has 2 heterocycles. The average molecular weight is 236 g/mol. The molecule has 1 fully saturated rings. The summed E-state index contributed by atoms with van der Waals surface area (Å²) in [6, 6.07) is 0. The highest BCUT2D eigenvalue weighted by atomic mass is 16.1. The molecule has 1 amide bonds. The zero-order chi connectivity index (χ0) is 12.3. The minimum absolute atomic E-state index is 0.170. The lowest BCUT2D eigenvalue weighted by Gasteiger charge is -2.21. The number of nitrogens with one attached hydrogen (secondary N) is 3. The Morgan fingerprint density at radius 3 is 2.71 bits per heavy atom. The van der Waals surface area contributed by atoms with Gasteiger partial charge in [-0.1, -0.05) is 0 Å². The van der Waals surface area contributed by atoms with Crippen LogP contribution in [0.4, 0.5) is 0 Å². The molecule has 1 aromatic rings. The van der Waals surface area contributed by atoms with Crippen molar-refractivity contribution < 1.29 is 4.79 Å². The molecular formula is C12H20N4O. The first-order valence-corrected chi connectivity index (χ1v) is 6.17. The summed E-state index contributed by atoms with van der Waals surface area (Å²) in [6.45, 7) is 6.40. The van der Waals surface area contributed by atoms with Crippen LogP contribution in [0.5, 0.6) is 0 Å². The van der Waals surface area contributed by atoms with Crippen LogP contribution >= 0.6 is 0 Å². The highest BCUT2D eigenvalue weighted by Gasteiger charge is 2.20. The predicted octanol–water partition coefficient (Wildman–Crippen LogP) is 0.642. The van der Waals surface area contributed by atoms with Crippen LogP contribution in [-0.2, 0) is 11.3 Å². The van der Waals surface area contributed by atoms with Crippen molar-refractivity contribution in [1.82, 2.24) is 20.8 Å². The Morgan fingerprint density at radius 1 is 1.41 bits per heavy atom. The summed E-state index contributed by atoms with van der Waals surface area (Å²) in [7, 11) is 0. The molecule has 1 aliphatic rings. The van der Waals surface area contributed by atoms with Gasteiger partial charge in [-0.2, -0.15) is 5.10 Å². The van der Waals surface area contributed by atoms with E-state index in [0.29, 0.717) is 6.54 Å². The van der Waals surface area contributed by atoms with Crippen LogP contribution in [0, 0.1) is 19.8 Å². The third kappa shape index (κ3) is 2.85. The van der Waals surface area contributed by atoms with Crippen molar-refractivity contribution in [2.45, 2.75) is 33.2 Å². The average Bonchev–Trinajstić information content (AvgIpc) is 2.67. The second kappa shape index (κ2) is 5.31. The maximum atomic E-state index is 11.9. The van der Waals surface area contributed by atoms with Crippen molar-refractivity contribution in [2.75, 3.05) is 13.1 Å². The van der Waals surface area contributed by atoms with E-state index in [1.54, 1.807) is 0 Å². The Morgan fingerprint density at radius 2 is 2.12 bits per heavy atom. The first kappa shape index (κ1) is 12.1. The first-order valence-electron chi connectivity index (χ1n) is 6.17. The Hall–Kier alpha value is -1.36. The van der Waals surface area contributed by atoms with Gasteiger partial charge in [0.15, 0.2) is 0 Å². The number of H-pyrrole nitrogens is 1. The van der Waals surface area contributed by atoms with Crippen molar-refractivity contribution in [2.24, 2.45) is 5.92 Å². The molecule has 94 valence electrons. The van der Waals surface area contributed by atoms with Crippen LogP contribution in [0.3, 0.4) is 0 Å². The summed E-state index contributed by atoms with van der Waals surface area (Å²) in [5.41, 5.74) is 3.11. The Labute approximate surface area is 101 Å². The molecule has 0 spiro atoms. The van der Waals surface area contributed by atoms with Crippen molar-refractivity contribution >= 4 is 5.91 Å². The van der Waals surface area contributed by atoms with Gasteiger partial charge in [-0.05, 0) is 39.8 Å². The molecular weight excluding hydrogens is 216 g/mol. The fourth-order valence-electron chi connectivity index (χ4n) is 2.24. The highest BCUT2D eigenvalue weighted by molar-refractivity contribution is 5.78. The Bertz CT molecular complexity index is 374. The molecule has 0 bridgehead atoms. The molecule has 3 N–H and O–H groups in total. The lowest BCUT2D eigenvalue weighted by Crippen LogP contribution is -2.38. The van der Waals surface area contributed by atoms with Gasteiger partial charge < -0.3 is 10.6 Å². The minimum atomic E-state index is 0.170. The zero-order valence-electron chi connectivity index (χ0n) is 10.5. The monoisotopic (exact) mass is 236 g/mol. The third-order valence-corrected chi connectivity index (χ3v) is 3.43. The number of piperidine rings is 1. The maximum absolute atomic E-state index is 11.9. The molecule has 1 aliphatic heterocycles. The summed E-state index contributed by atoms with van der Waals surface area (Å²) in [4.78, 5) is 11.9. The van der Waals surface area contributed by atoms with Gasteiger partial charge in [-0.3, -0.25) is 9.89 Å². The number of carbonyl (C=O) groups is 1. The van der Waals surface area contributed by atoms with Gasteiger partial charge in [0.05, 0.1) is 5.69 Å². The Kier molecular flexibility index (Phi) is 3.78. The van der Waals surface area contributed by atoms with Gasteiger partial charge in [-0.25, -0.2) is 0 Å². The lowest BCUT2D eigenvalue weighted by atomic mass is 9.97. The normalized spacial score (nSPS) is 17.1. The Balaban J connectivity index is 1.87. The number of hydrogen-bond donors (Lipinski definition) is 3. The molecule has 0 aliphatic carbocycles. The van der Waals surface area contributed by atoms with E-state index in [-0.39, 0.29) is 11.8 Å². The van der Waals surface area contributed by atoms with Crippen LogP contribution < -0.4 is 10.6 Å². The first-order chi connectivity index (χ1) is 8.18. The predicted molar refractivity (Wildman–Crippen MR) is 65.5 cm³/mol. The minimum Gasteiger partial charge on any atom is -0.352 e. The van der Waals surface area contributed by atoms with Crippen molar-refractivity contribution in [3.8, 4) is 0 Å². The summed E-state index contributed by atoms with van der Waals surface area (Å²) in [6.07, 6.45) is 1.88. The number of nitrogens with zero attached hydrogens (tertiary/aromatic N) is 1. The smallest absolute Gasteiger partial charge is 0.223 e. The van der Waals surface area contributed by atoms with E-state index < -0.39 is 0 Å². The molecule has 0 saturated carbocycles. The van der Waals surface area contributed by atoms with Crippen LogP contribution in [-0.4, -0.2) is 29.2 Å². The molecule has 5 heteroatoms. The van der Waals surface area contributed by atoms with Gasteiger partial charge in [0.1, 0.15) is 0 Å². The molecule has 0 unspecified atom stereocenters. The second-order valence-corrected chi connectivity index (χ2v) is 4.65. The number of carbonyl (C=O) groups excluding carboxylic acids is 1. The molecule has 2 rings (SSSR count). The molecule has 0 radical (unpaired) electrons. The standard InChI is InChI=1S/C12H20N4O/c1-8-11(9(2)16-15-8)7-14-12(17)10-3-5-13-6-4-10/h10,13H,3-7H2,1-2H3,(H,14,17)(H,15,16). The van der Waals surface area contributed by atoms with Crippen LogP contribution in [0.2, 0.25) is 0 Å². The number of amides is 1. The number of aryl methyl sites for hydroxylation is 2. The number of hydrogen-bond acceptors (Lipinski definition) is 3. The summed E-state index contributed by atoms with van der Waals surface area (Å²) >= 11 is 0. The maximum Gasteiger partial charge on any atom is 0.223 e. The van der Waals surface area contributed by atoms with E-state index in [1.807, 2.05) is 13.8 Å². The lowest BCUT2D eigenvalue weighted by molar-refractivity contribution is -0.125. The van der Waals surface area contributed by atoms with Crippen LogP contribution in [0.15, 0.2) is 0 Å². The van der Waals surface area contributed by atoms with E-state index in [4.69, 9.17) is 0 Å². The molecule has 0 atom stereocenters. The highest BCUT2D eigenvalue weighted by Crippen LogP contribution is 2.13. The van der Waals surface area contributed by atoms with Crippen LogP contribution in [0.1, 0.15) is 29.8 Å². The van der Waals surface area contributed by atoms with Crippen molar-refractivity contribution in [3.63, 3.8) is 0 Å². The van der Waals surface area contributed by atoms with Gasteiger partial charge >= 0.3 is 0 Å². The van der Waals surface area contributed by atoms with Crippen molar-refractivity contribution in [3.05, 3.63) is 17.0 Å². The topological polar surface area (TPSA) is 69.8 Å². The molecule has 1 aromatic heterocycles. The second-order valence-electron chi connectivity index (χ2n) is 4.65. The third-order valence-electron chi connectivity index (χ3n) is 3.43. The van der Waals surface area contributed by atoms with Gasteiger partial charge in [0.25, 0.3) is 0 Å². The van der Waals surface area contributed by atoms with E-state index in [0.717, 1.165) is 42.9 Å². The summed E-state index contributed by atoms with van der Waals surface area (Å²) < 4.78 is 0. The van der Waals surface area contributed by atoms with E-state index in [1.165, 1.54) is 0 Å². The molecule has 17 heavy (non-hydrogen) atoms. The van der Waals surface area contributed by atoms with Crippen molar-refractivity contribution in [1.29, 1.82) is 0 Å². The number of aromatic nitrogens is 2. The van der Waals surface area contributed by atoms with E-state index >= 15 is 0 Å². The van der Waals surface area contributed by atoms with E-state index in [9.17, 15) is 4.79 Å². The summed E-state index contributed by atoms with van der Waals surface area (Å²) in [5.74, 6) is 0.343. The van der Waals surface area contributed by atoms with Gasteiger partial charge in [0, 0.05) is 23.7 Å². The summed E-state index contributed by atoms with van der Waals surface area (Å²) in [5, 5.41) is 13.3. The SMILES string of the molecule is Cc1n[nH]c(C)c1CNC(=O)C1CCNCC1. The van der Waals surface area contributed by atoms with Gasteiger partial charge in [-0.15, -0.1) is 0 Å². The quantitative estimate of drug-likeness (QED) is 0.721. The molecule has 0 aromatic carbocycles.